The highest BCUT2D eigenvalue weighted by Gasteiger charge is 2.05. The predicted octanol–water partition coefficient (Wildman–Crippen LogP) is 3.96. The van der Waals surface area contributed by atoms with Crippen molar-refractivity contribution >= 4 is 11.9 Å². The molecule has 0 spiro atoms. The summed E-state index contributed by atoms with van der Waals surface area (Å²) in [5, 5.41) is 8.00. The molecule has 0 saturated heterocycles. The monoisotopic (exact) mass is 276 g/mol. The van der Waals surface area contributed by atoms with E-state index in [0.717, 1.165) is 11.3 Å². The van der Waals surface area contributed by atoms with Crippen molar-refractivity contribution in [2.45, 2.75) is 40.0 Å². The van der Waals surface area contributed by atoms with Gasteiger partial charge in [0.25, 0.3) is 0 Å². The molecule has 0 heterocycles. The van der Waals surface area contributed by atoms with Gasteiger partial charge in [0.2, 0.25) is 0 Å². The molecule has 4 nitrogen and oxygen atoms in total. The molecule has 4 heteroatoms. The van der Waals surface area contributed by atoms with Gasteiger partial charge in [-0.15, -0.1) is 0 Å². The smallest absolute Gasteiger partial charge is 0.114 e. The van der Waals surface area contributed by atoms with Gasteiger partial charge < -0.3 is 9.68 Å². The van der Waals surface area contributed by atoms with E-state index >= 15 is 0 Å². The van der Waals surface area contributed by atoms with Gasteiger partial charge in [-0.2, -0.15) is 0 Å². The summed E-state index contributed by atoms with van der Waals surface area (Å²) in [5.74, 6) is 0.524. The van der Waals surface area contributed by atoms with E-state index in [2.05, 4.69) is 48.4 Å². The van der Waals surface area contributed by atoms with Gasteiger partial charge >= 0.3 is 0 Å². The molecule has 0 aliphatic carbocycles. The molecule has 0 radical (unpaired) electrons. The molecule has 1 rings (SSSR count). The van der Waals surface area contributed by atoms with Crippen LogP contribution in [0.5, 0.6) is 0 Å². The van der Waals surface area contributed by atoms with Gasteiger partial charge in [-0.1, -0.05) is 48.4 Å². The van der Waals surface area contributed by atoms with E-state index in [1.165, 1.54) is 5.56 Å². The Hall–Kier alpha value is -1.84. The zero-order chi connectivity index (χ0) is 14.8. The summed E-state index contributed by atoms with van der Waals surface area (Å²) in [6.07, 6.45) is 2.29. The van der Waals surface area contributed by atoms with Crippen molar-refractivity contribution in [3.8, 4) is 0 Å². The maximum Gasteiger partial charge on any atom is 0.114 e. The van der Waals surface area contributed by atoms with Gasteiger partial charge in [0.05, 0.1) is 5.71 Å². The first-order valence-electron chi connectivity index (χ1n) is 7.12. The van der Waals surface area contributed by atoms with Crippen LogP contribution in [0.4, 0.5) is 0 Å². The van der Waals surface area contributed by atoms with Crippen LogP contribution in [0.3, 0.4) is 0 Å². The Bertz CT molecular complexity index is 436. The van der Waals surface area contributed by atoms with Crippen molar-refractivity contribution in [1.82, 2.24) is 0 Å². The molecule has 0 saturated carbocycles. The Morgan fingerprint density at radius 3 is 2.30 bits per heavy atom. The molecule has 0 aromatic heterocycles. The summed E-state index contributed by atoms with van der Waals surface area (Å²) < 4.78 is 0. The molecule has 20 heavy (non-hydrogen) atoms. The minimum Gasteiger partial charge on any atom is -0.396 e. The Balaban J connectivity index is 2.81. The number of nitrogens with zero attached hydrogens (tertiary/aromatic N) is 2. The quantitative estimate of drug-likeness (QED) is 0.532. The lowest BCUT2D eigenvalue weighted by molar-refractivity contribution is 0.157. The molecule has 110 valence electrons. The fourth-order valence-corrected chi connectivity index (χ4v) is 1.66. The van der Waals surface area contributed by atoms with Crippen molar-refractivity contribution in [2.24, 2.45) is 10.3 Å². The SMILES string of the molecule is CCO/N=C/C/C(=N\OCC)c1ccc(C(C)C)cc1. The number of rotatable bonds is 8. The summed E-state index contributed by atoms with van der Waals surface area (Å²) in [7, 11) is 0. The Morgan fingerprint density at radius 2 is 1.75 bits per heavy atom. The Kier molecular flexibility index (Phi) is 7.40. The minimum atomic E-state index is 0.524. The highest BCUT2D eigenvalue weighted by molar-refractivity contribution is 6.06. The zero-order valence-electron chi connectivity index (χ0n) is 12.8. The van der Waals surface area contributed by atoms with Crippen molar-refractivity contribution < 1.29 is 9.68 Å². The maximum atomic E-state index is 5.17. The molecule has 0 N–H and O–H groups in total. The highest BCUT2D eigenvalue weighted by atomic mass is 16.6. The van der Waals surface area contributed by atoms with Crippen molar-refractivity contribution in [3.05, 3.63) is 35.4 Å². The van der Waals surface area contributed by atoms with Crippen LogP contribution in [-0.2, 0) is 9.68 Å². The van der Waals surface area contributed by atoms with Crippen LogP contribution in [-0.4, -0.2) is 25.1 Å². The van der Waals surface area contributed by atoms with E-state index in [-0.39, 0.29) is 0 Å². The van der Waals surface area contributed by atoms with Crippen LogP contribution in [0.1, 0.15) is 51.2 Å². The number of hydrogen-bond donors (Lipinski definition) is 0. The van der Waals surface area contributed by atoms with Crippen LogP contribution in [0.25, 0.3) is 0 Å². The third kappa shape index (κ3) is 5.43. The summed E-state index contributed by atoms with van der Waals surface area (Å²) >= 11 is 0. The molecule has 0 amide bonds. The van der Waals surface area contributed by atoms with E-state index < -0.39 is 0 Å². The molecule has 0 atom stereocenters. The van der Waals surface area contributed by atoms with Crippen LogP contribution in [0.15, 0.2) is 34.6 Å². The summed E-state index contributed by atoms with van der Waals surface area (Å²) in [4.78, 5) is 10.1. The summed E-state index contributed by atoms with van der Waals surface area (Å²) in [5.41, 5.74) is 3.21. The van der Waals surface area contributed by atoms with E-state index in [0.29, 0.717) is 25.6 Å². The van der Waals surface area contributed by atoms with Gasteiger partial charge in [0, 0.05) is 12.6 Å². The first kappa shape index (κ1) is 16.2. The van der Waals surface area contributed by atoms with E-state index in [1.54, 1.807) is 6.21 Å². The van der Waals surface area contributed by atoms with E-state index in [4.69, 9.17) is 9.68 Å². The maximum absolute atomic E-state index is 5.17. The topological polar surface area (TPSA) is 43.2 Å². The van der Waals surface area contributed by atoms with Crippen molar-refractivity contribution in [1.29, 1.82) is 0 Å². The first-order valence-corrected chi connectivity index (χ1v) is 7.12. The molecular weight excluding hydrogens is 252 g/mol. The lowest BCUT2D eigenvalue weighted by Crippen LogP contribution is -2.04. The van der Waals surface area contributed by atoms with Gasteiger partial charge in [0.1, 0.15) is 13.2 Å². The molecule has 0 aliphatic heterocycles. The van der Waals surface area contributed by atoms with Gasteiger partial charge in [-0.25, -0.2) is 0 Å². The number of benzene rings is 1. The molecule has 0 aliphatic rings. The van der Waals surface area contributed by atoms with Crippen LogP contribution < -0.4 is 0 Å². The molecule has 0 bridgehead atoms. The molecule has 1 aromatic rings. The second kappa shape index (κ2) is 9.13. The Labute approximate surface area is 121 Å². The normalized spacial score (nSPS) is 12.2. The second-order valence-corrected chi connectivity index (χ2v) is 4.64. The first-order chi connectivity index (χ1) is 9.69. The zero-order valence-corrected chi connectivity index (χ0v) is 12.8. The van der Waals surface area contributed by atoms with E-state index in [9.17, 15) is 0 Å². The second-order valence-electron chi connectivity index (χ2n) is 4.64. The van der Waals surface area contributed by atoms with E-state index in [1.807, 2.05) is 13.8 Å². The van der Waals surface area contributed by atoms with Crippen molar-refractivity contribution in [3.63, 3.8) is 0 Å². The molecular formula is C16H24N2O2. The highest BCUT2D eigenvalue weighted by Crippen LogP contribution is 2.15. The number of hydrogen-bond acceptors (Lipinski definition) is 4. The fourth-order valence-electron chi connectivity index (χ4n) is 1.66. The van der Waals surface area contributed by atoms with Gasteiger partial charge in [0.15, 0.2) is 0 Å². The average Bonchev–Trinajstić information content (AvgIpc) is 2.47. The summed E-state index contributed by atoms with van der Waals surface area (Å²) in [6, 6.07) is 8.39. The molecule has 1 aromatic carbocycles. The average molecular weight is 276 g/mol. The largest absolute Gasteiger partial charge is 0.396 e. The van der Waals surface area contributed by atoms with Crippen LogP contribution in [0.2, 0.25) is 0 Å². The van der Waals surface area contributed by atoms with Gasteiger partial charge in [-0.05, 0) is 30.9 Å². The molecule has 0 fully saturated rings. The minimum absolute atomic E-state index is 0.524. The fraction of sp³-hybridized carbons (Fsp3) is 0.500. The predicted molar refractivity (Wildman–Crippen MR) is 83.4 cm³/mol. The third-order valence-corrected chi connectivity index (χ3v) is 2.78. The van der Waals surface area contributed by atoms with Crippen molar-refractivity contribution in [2.75, 3.05) is 13.2 Å². The number of oxime groups is 2. The third-order valence-electron chi connectivity index (χ3n) is 2.78. The van der Waals surface area contributed by atoms with Crippen LogP contribution in [0, 0.1) is 0 Å². The lowest BCUT2D eigenvalue weighted by Gasteiger charge is -2.08. The summed E-state index contributed by atoms with van der Waals surface area (Å²) in [6.45, 7) is 9.29. The van der Waals surface area contributed by atoms with Crippen LogP contribution >= 0.6 is 0 Å². The molecule has 0 unspecified atom stereocenters. The Morgan fingerprint density at radius 1 is 1.10 bits per heavy atom. The van der Waals surface area contributed by atoms with Gasteiger partial charge in [-0.3, -0.25) is 0 Å². The lowest BCUT2D eigenvalue weighted by atomic mass is 9.99. The standard InChI is InChI=1S/C16H24N2O2/c1-5-19-17-12-11-16(18-20-6-2)15-9-7-14(8-10-15)13(3)4/h7-10,12-13H,5-6,11H2,1-4H3/b17-12+,18-16+.